The molecule has 0 saturated heterocycles. The number of para-hydroxylation sites is 1. The number of imidazole rings is 1. The Morgan fingerprint density at radius 3 is 2.67 bits per heavy atom. The van der Waals surface area contributed by atoms with E-state index in [0.29, 0.717) is 6.61 Å². The molecule has 0 aliphatic rings. The monoisotopic (exact) mass is 344 g/mol. The first-order valence-electron chi connectivity index (χ1n) is 6.97. The average Bonchev–Trinajstić information content (AvgIpc) is 2.79. The lowest BCUT2D eigenvalue weighted by Crippen LogP contribution is -2.05. The fourth-order valence-corrected chi connectivity index (χ4v) is 3.17. The van der Waals surface area contributed by atoms with Crippen LogP contribution in [0.2, 0.25) is 0 Å². The van der Waals surface area contributed by atoms with E-state index in [9.17, 15) is 0 Å². The maximum absolute atomic E-state index is 5.86. The minimum Gasteiger partial charge on any atom is -0.493 e. The second-order valence-electron chi connectivity index (χ2n) is 5.09. The third-order valence-corrected chi connectivity index (χ3v) is 4.13. The molecule has 1 aromatic carbocycles. The summed E-state index contributed by atoms with van der Waals surface area (Å²) < 4.78 is 8.88. The molecular weight excluding hydrogens is 328 g/mol. The molecule has 108 valence electrons. The number of pyridine rings is 1. The highest BCUT2D eigenvalue weighted by molar-refractivity contribution is 9.10. The van der Waals surface area contributed by atoms with Crippen LogP contribution in [0.15, 0.2) is 47.2 Å². The van der Waals surface area contributed by atoms with Gasteiger partial charge in [-0.3, -0.25) is 0 Å². The summed E-state index contributed by atoms with van der Waals surface area (Å²) in [6, 6.07) is 12.2. The molecular formula is C17H17BrN2O. The Kier molecular flexibility index (Phi) is 3.97. The van der Waals surface area contributed by atoms with Gasteiger partial charge in [0.1, 0.15) is 16.2 Å². The van der Waals surface area contributed by atoms with E-state index in [0.717, 1.165) is 33.7 Å². The molecule has 0 spiro atoms. The number of benzene rings is 1. The molecule has 0 amide bonds. The normalized spacial score (nSPS) is 11.0. The highest BCUT2D eigenvalue weighted by Gasteiger charge is 2.10. The predicted octanol–water partition coefficient (Wildman–Crippen LogP) is 4.34. The van der Waals surface area contributed by atoms with Gasteiger partial charge in [0.05, 0.1) is 12.1 Å². The van der Waals surface area contributed by atoms with E-state index in [1.807, 2.05) is 30.5 Å². The Labute approximate surface area is 132 Å². The molecule has 0 radical (unpaired) electrons. The van der Waals surface area contributed by atoms with E-state index in [1.54, 1.807) is 0 Å². The van der Waals surface area contributed by atoms with E-state index < -0.39 is 0 Å². The van der Waals surface area contributed by atoms with Crippen LogP contribution in [0.5, 0.6) is 5.75 Å². The number of hydrogen-bond donors (Lipinski definition) is 0. The molecule has 4 heteroatoms. The summed E-state index contributed by atoms with van der Waals surface area (Å²) in [6.07, 6.45) is 2.81. The Morgan fingerprint density at radius 1 is 1.10 bits per heavy atom. The molecule has 0 bridgehead atoms. The van der Waals surface area contributed by atoms with Gasteiger partial charge < -0.3 is 9.14 Å². The van der Waals surface area contributed by atoms with Crippen molar-refractivity contribution in [3.05, 3.63) is 64.1 Å². The van der Waals surface area contributed by atoms with Gasteiger partial charge in [0.2, 0.25) is 0 Å². The number of nitrogens with zero attached hydrogens (tertiary/aromatic N) is 2. The second-order valence-corrected chi connectivity index (χ2v) is 5.84. The van der Waals surface area contributed by atoms with Crippen molar-refractivity contribution in [2.45, 2.75) is 20.3 Å². The van der Waals surface area contributed by atoms with Gasteiger partial charge in [0, 0.05) is 12.6 Å². The summed E-state index contributed by atoms with van der Waals surface area (Å²) in [7, 11) is 0. The topological polar surface area (TPSA) is 26.5 Å². The number of halogens is 1. The lowest BCUT2D eigenvalue weighted by atomic mass is 10.2. The van der Waals surface area contributed by atoms with Gasteiger partial charge in [-0.2, -0.15) is 0 Å². The van der Waals surface area contributed by atoms with Gasteiger partial charge in [-0.1, -0.05) is 24.3 Å². The molecule has 0 fully saturated rings. The largest absolute Gasteiger partial charge is 0.493 e. The minimum absolute atomic E-state index is 0.615. The molecule has 0 aliphatic carbocycles. The van der Waals surface area contributed by atoms with Crippen LogP contribution >= 0.6 is 15.9 Å². The summed E-state index contributed by atoms with van der Waals surface area (Å²) in [4.78, 5) is 4.60. The number of aromatic nitrogens is 2. The van der Waals surface area contributed by atoms with Crippen molar-refractivity contribution >= 4 is 21.4 Å². The third kappa shape index (κ3) is 2.81. The quantitative estimate of drug-likeness (QED) is 0.703. The summed E-state index contributed by atoms with van der Waals surface area (Å²) >= 11 is 3.54. The molecule has 0 atom stereocenters. The molecule has 2 heterocycles. The van der Waals surface area contributed by atoms with Crippen molar-refractivity contribution in [3.63, 3.8) is 0 Å². The number of fused-ring (bicyclic) bond motifs is 1. The van der Waals surface area contributed by atoms with Crippen LogP contribution in [0, 0.1) is 13.8 Å². The van der Waals surface area contributed by atoms with E-state index in [4.69, 9.17) is 4.74 Å². The smallest absolute Gasteiger partial charge is 0.132 e. The maximum atomic E-state index is 5.86. The van der Waals surface area contributed by atoms with Crippen molar-refractivity contribution < 1.29 is 4.74 Å². The van der Waals surface area contributed by atoms with Crippen molar-refractivity contribution in [1.29, 1.82) is 0 Å². The van der Waals surface area contributed by atoms with Gasteiger partial charge in [-0.05, 0) is 53.0 Å². The molecule has 3 aromatic rings. The van der Waals surface area contributed by atoms with Crippen molar-refractivity contribution in [2.75, 3.05) is 6.61 Å². The van der Waals surface area contributed by atoms with E-state index in [2.05, 4.69) is 51.3 Å². The van der Waals surface area contributed by atoms with Crippen LogP contribution in [0.3, 0.4) is 0 Å². The van der Waals surface area contributed by atoms with E-state index >= 15 is 0 Å². The minimum atomic E-state index is 0.615. The SMILES string of the molecule is Cc1ccccc1OCCc1nc(Br)c2c(C)cccn12. The summed E-state index contributed by atoms with van der Waals surface area (Å²) in [6.45, 7) is 4.76. The lowest BCUT2D eigenvalue weighted by Gasteiger charge is -2.08. The Balaban J connectivity index is 1.77. The molecule has 0 N–H and O–H groups in total. The van der Waals surface area contributed by atoms with Crippen molar-refractivity contribution in [1.82, 2.24) is 9.38 Å². The first-order valence-corrected chi connectivity index (χ1v) is 7.76. The zero-order valence-electron chi connectivity index (χ0n) is 12.1. The first-order chi connectivity index (χ1) is 10.2. The molecule has 0 unspecified atom stereocenters. The maximum Gasteiger partial charge on any atom is 0.132 e. The van der Waals surface area contributed by atoms with Crippen LogP contribution in [0.25, 0.3) is 5.52 Å². The molecule has 0 aliphatic heterocycles. The molecule has 2 aromatic heterocycles. The zero-order chi connectivity index (χ0) is 14.8. The summed E-state index contributed by atoms with van der Waals surface area (Å²) in [5.74, 6) is 1.95. The van der Waals surface area contributed by atoms with Gasteiger partial charge in [-0.25, -0.2) is 4.98 Å². The number of rotatable bonds is 4. The van der Waals surface area contributed by atoms with Crippen molar-refractivity contribution in [3.8, 4) is 5.75 Å². The fraction of sp³-hybridized carbons (Fsp3) is 0.235. The number of ether oxygens (including phenoxy) is 1. The van der Waals surface area contributed by atoms with Crippen LogP contribution in [0.4, 0.5) is 0 Å². The Morgan fingerprint density at radius 2 is 1.86 bits per heavy atom. The van der Waals surface area contributed by atoms with Gasteiger partial charge in [0.15, 0.2) is 0 Å². The second kappa shape index (κ2) is 5.90. The van der Waals surface area contributed by atoms with Gasteiger partial charge >= 0.3 is 0 Å². The first kappa shape index (κ1) is 14.1. The Bertz CT molecular complexity index is 780. The summed E-state index contributed by atoms with van der Waals surface area (Å²) in [5.41, 5.74) is 3.49. The molecule has 21 heavy (non-hydrogen) atoms. The Hall–Kier alpha value is -1.81. The number of hydrogen-bond acceptors (Lipinski definition) is 2. The number of aryl methyl sites for hydroxylation is 2. The van der Waals surface area contributed by atoms with Gasteiger partial charge in [0.25, 0.3) is 0 Å². The van der Waals surface area contributed by atoms with Gasteiger partial charge in [-0.15, -0.1) is 0 Å². The molecule has 3 rings (SSSR count). The lowest BCUT2D eigenvalue weighted by molar-refractivity contribution is 0.316. The predicted molar refractivity (Wildman–Crippen MR) is 88.0 cm³/mol. The van der Waals surface area contributed by atoms with Crippen molar-refractivity contribution in [2.24, 2.45) is 0 Å². The molecule has 0 saturated carbocycles. The molecule has 3 nitrogen and oxygen atoms in total. The average molecular weight is 345 g/mol. The van der Waals surface area contributed by atoms with E-state index in [1.165, 1.54) is 5.56 Å². The zero-order valence-corrected chi connectivity index (χ0v) is 13.7. The third-order valence-electron chi connectivity index (χ3n) is 3.57. The highest BCUT2D eigenvalue weighted by Crippen LogP contribution is 2.23. The fourth-order valence-electron chi connectivity index (χ4n) is 2.46. The van der Waals surface area contributed by atoms with Crippen LogP contribution in [-0.2, 0) is 6.42 Å². The van der Waals surface area contributed by atoms with Crippen LogP contribution in [-0.4, -0.2) is 16.0 Å². The standard InChI is InChI=1S/C17H17BrN2O/c1-12-6-3-4-8-14(12)21-11-9-15-19-17(18)16-13(2)7-5-10-20(15)16/h3-8,10H,9,11H2,1-2H3. The van der Waals surface area contributed by atoms with Crippen LogP contribution in [0.1, 0.15) is 17.0 Å². The highest BCUT2D eigenvalue weighted by atomic mass is 79.9. The van der Waals surface area contributed by atoms with E-state index in [-0.39, 0.29) is 0 Å². The van der Waals surface area contributed by atoms with Crippen LogP contribution < -0.4 is 4.74 Å². The summed E-state index contributed by atoms with van der Waals surface area (Å²) in [5, 5.41) is 0.